The zero-order valence-electron chi connectivity index (χ0n) is 10.1. The van der Waals surface area contributed by atoms with Crippen molar-refractivity contribution in [3.63, 3.8) is 0 Å². The molecule has 0 aliphatic heterocycles. The van der Waals surface area contributed by atoms with E-state index < -0.39 is 0 Å². The molecule has 0 aromatic heterocycles. The van der Waals surface area contributed by atoms with Gasteiger partial charge in [-0.1, -0.05) is 0 Å². The Balaban J connectivity index is 1.61. The Morgan fingerprint density at radius 2 is 1.00 bits per heavy atom. The number of benzene rings is 2. The van der Waals surface area contributed by atoms with Gasteiger partial charge in [-0.2, -0.15) is 0 Å². The van der Waals surface area contributed by atoms with Crippen LogP contribution in [0.25, 0.3) is 0 Å². The topological polar surface area (TPSA) is 0 Å². The van der Waals surface area contributed by atoms with Crippen LogP contribution < -0.4 is 0 Å². The molecule has 0 amide bonds. The van der Waals surface area contributed by atoms with Gasteiger partial charge in [0.05, 0.1) is 0 Å². The predicted molar refractivity (Wildman–Crippen MR) is 75.7 cm³/mol. The fraction of sp³-hybridized carbons (Fsp3) is 0.250. The zero-order chi connectivity index (χ0) is 11.8. The van der Waals surface area contributed by atoms with Crippen LogP contribution in [0.15, 0.2) is 60.7 Å². The maximum atomic E-state index is 2.25. The summed E-state index contributed by atoms with van der Waals surface area (Å²) in [4.78, 5) is 0. The van der Waals surface area contributed by atoms with E-state index in [2.05, 4.69) is 60.7 Å². The van der Waals surface area contributed by atoms with Crippen LogP contribution in [0.2, 0.25) is 8.87 Å². The summed E-state index contributed by atoms with van der Waals surface area (Å²) in [6.45, 7) is 0. The van der Waals surface area contributed by atoms with E-state index in [9.17, 15) is 0 Å². The first-order valence-electron chi connectivity index (χ1n) is 6.24. The molecule has 0 nitrogen and oxygen atoms in total. The van der Waals surface area contributed by atoms with Gasteiger partial charge in [-0.05, 0) is 0 Å². The van der Waals surface area contributed by atoms with Gasteiger partial charge < -0.3 is 0 Å². The molecule has 2 rings (SSSR count). The molecule has 0 N–H and O–H groups in total. The maximum absolute atomic E-state index is 2.25. The van der Waals surface area contributed by atoms with Crippen LogP contribution in [0.3, 0.4) is 0 Å². The fourth-order valence-electron chi connectivity index (χ4n) is 1.88. The van der Waals surface area contributed by atoms with Crippen LogP contribution in [0, 0.1) is 0 Å². The SMILES string of the molecule is c1ccc(C[CH2][Sn][CH2]Cc2ccccc2)cc1. The Morgan fingerprint density at radius 1 is 0.588 bits per heavy atom. The normalized spacial score (nSPS) is 10.4. The van der Waals surface area contributed by atoms with Crippen molar-refractivity contribution in [2.45, 2.75) is 21.7 Å². The molecule has 2 aromatic carbocycles. The van der Waals surface area contributed by atoms with Crippen LogP contribution in [-0.4, -0.2) is 21.1 Å². The predicted octanol–water partition coefficient (Wildman–Crippen LogP) is 4.01. The van der Waals surface area contributed by atoms with Gasteiger partial charge in [0.1, 0.15) is 0 Å². The molecule has 0 saturated heterocycles. The summed E-state index contributed by atoms with van der Waals surface area (Å²) in [5, 5.41) is 0. The van der Waals surface area contributed by atoms with Crippen molar-refractivity contribution in [3.8, 4) is 0 Å². The minimum atomic E-state index is -0.145. The van der Waals surface area contributed by atoms with Gasteiger partial charge in [0.25, 0.3) is 0 Å². The molecule has 0 fully saturated rings. The number of hydrogen-bond donors (Lipinski definition) is 0. The van der Waals surface area contributed by atoms with E-state index in [-0.39, 0.29) is 21.1 Å². The standard InChI is InChI=1S/2C8H9.Sn/c2*1-2-8-6-4-3-5-7-8;/h2*3-7H,1-2H2;. The zero-order valence-corrected chi connectivity index (χ0v) is 13.0. The fourth-order valence-corrected chi connectivity index (χ4v) is 5.25. The Kier molecular flexibility index (Phi) is 5.63. The van der Waals surface area contributed by atoms with E-state index in [0.717, 1.165) is 0 Å². The first-order chi connectivity index (χ1) is 8.45. The van der Waals surface area contributed by atoms with Crippen molar-refractivity contribution < 1.29 is 0 Å². The first-order valence-corrected chi connectivity index (χ1v) is 10.3. The molecular formula is C16H18Sn. The Morgan fingerprint density at radius 3 is 1.41 bits per heavy atom. The van der Waals surface area contributed by atoms with Gasteiger partial charge in [0, 0.05) is 0 Å². The quantitative estimate of drug-likeness (QED) is 0.555. The molecule has 0 unspecified atom stereocenters. The second-order valence-corrected chi connectivity index (χ2v) is 8.50. The first kappa shape index (κ1) is 12.7. The molecule has 0 spiro atoms. The molecular weight excluding hydrogens is 311 g/mol. The minimum absolute atomic E-state index is 0.145. The van der Waals surface area contributed by atoms with E-state index in [4.69, 9.17) is 0 Å². The van der Waals surface area contributed by atoms with Crippen LogP contribution in [0.1, 0.15) is 11.1 Å². The average Bonchev–Trinajstić information content (AvgIpc) is 2.41. The summed E-state index contributed by atoms with van der Waals surface area (Å²) in [6, 6.07) is 21.8. The summed E-state index contributed by atoms with van der Waals surface area (Å²) in [5.41, 5.74) is 3.02. The van der Waals surface area contributed by atoms with E-state index in [1.807, 2.05) is 0 Å². The second kappa shape index (κ2) is 7.54. The van der Waals surface area contributed by atoms with Crippen molar-refractivity contribution in [2.75, 3.05) is 0 Å². The third kappa shape index (κ3) is 4.95. The molecule has 0 bridgehead atoms. The van der Waals surface area contributed by atoms with E-state index in [1.54, 1.807) is 0 Å². The Hall–Kier alpha value is -0.761. The van der Waals surface area contributed by atoms with Gasteiger partial charge in [-0.3, -0.25) is 0 Å². The van der Waals surface area contributed by atoms with Gasteiger partial charge in [-0.25, -0.2) is 0 Å². The van der Waals surface area contributed by atoms with Crippen molar-refractivity contribution in [3.05, 3.63) is 71.8 Å². The monoisotopic (exact) mass is 330 g/mol. The van der Waals surface area contributed by atoms with Gasteiger partial charge >= 0.3 is 115 Å². The van der Waals surface area contributed by atoms with E-state index in [0.29, 0.717) is 0 Å². The summed E-state index contributed by atoms with van der Waals surface area (Å²) in [7, 11) is 0. The Bertz CT molecular complexity index is 367. The molecule has 0 aliphatic carbocycles. The summed E-state index contributed by atoms with van der Waals surface area (Å²) in [6.07, 6.45) is 2.59. The van der Waals surface area contributed by atoms with Crippen molar-refractivity contribution in [1.82, 2.24) is 0 Å². The molecule has 0 aliphatic rings. The molecule has 1 heteroatoms. The van der Waals surface area contributed by atoms with Crippen molar-refractivity contribution in [1.29, 1.82) is 0 Å². The molecule has 2 aromatic rings. The molecule has 0 saturated carbocycles. The number of rotatable bonds is 6. The van der Waals surface area contributed by atoms with Crippen LogP contribution in [-0.2, 0) is 12.8 Å². The molecule has 0 heterocycles. The summed E-state index contributed by atoms with van der Waals surface area (Å²) in [5.74, 6) is 0. The molecule has 2 radical (unpaired) electrons. The van der Waals surface area contributed by atoms with Gasteiger partial charge in [-0.15, -0.1) is 0 Å². The van der Waals surface area contributed by atoms with Gasteiger partial charge in [0.2, 0.25) is 0 Å². The van der Waals surface area contributed by atoms with Crippen molar-refractivity contribution >= 4 is 21.1 Å². The van der Waals surface area contributed by atoms with Crippen LogP contribution in [0.4, 0.5) is 0 Å². The molecule has 86 valence electrons. The number of hydrogen-bond acceptors (Lipinski definition) is 0. The second-order valence-electron chi connectivity index (χ2n) is 4.22. The van der Waals surface area contributed by atoms with E-state index in [1.165, 1.54) is 32.8 Å². The summed E-state index contributed by atoms with van der Waals surface area (Å²) < 4.78 is 2.94. The average molecular weight is 329 g/mol. The van der Waals surface area contributed by atoms with Crippen LogP contribution in [0.5, 0.6) is 0 Å². The van der Waals surface area contributed by atoms with Crippen molar-refractivity contribution in [2.24, 2.45) is 0 Å². The molecule has 17 heavy (non-hydrogen) atoms. The third-order valence-electron chi connectivity index (χ3n) is 2.87. The van der Waals surface area contributed by atoms with Gasteiger partial charge in [0.15, 0.2) is 0 Å². The molecule has 0 atom stereocenters. The third-order valence-corrected chi connectivity index (χ3v) is 6.31. The van der Waals surface area contributed by atoms with Crippen LogP contribution >= 0.6 is 0 Å². The number of aryl methyl sites for hydroxylation is 2. The summed E-state index contributed by atoms with van der Waals surface area (Å²) >= 11 is -0.145. The van der Waals surface area contributed by atoms with E-state index >= 15 is 0 Å². The Labute approximate surface area is 114 Å².